The van der Waals surface area contributed by atoms with Gasteiger partial charge in [-0.2, -0.15) is 5.10 Å². The lowest BCUT2D eigenvalue weighted by Crippen LogP contribution is -2.55. The van der Waals surface area contributed by atoms with Gasteiger partial charge in [0, 0.05) is 16.2 Å². The van der Waals surface area contributed by atoms with Gasteiger partial charge in [-0.1, -0.05) is 19.9 Å². The molecule has 4 nitrogen and oxygen atoms in total. The van der Waals surface area contributed by atoms with Crippen LogP contribution in [-0.4, -0.2) is 32.5 Å². The molecular weight excluding hydrogens is 452 g/mol. The summed E-state index contributed by atoms with van der Waals surface area (Å²) in [6, 6.07) is 6.42. The number of aromatic nitrogens is 2. The van der Waals surface area contributed by atoms with Gasteiger partial charge in [-0.3, -0.25) is 9.48 Å². The van der Waals surface area contributed by atoms with E-state index in [0.717, 1.165) is 42.0 Å². The summed E-state index contributed by atoms with van der Waals surface area (Å²) in [5, 5.41) is 16.5. The Hall–Kier alpha value is -1.33. The molecule has 4 aliphatic rings. The SMILES string of the molecule is CSc1ccc2cnn(CC(=O)[C@H]3CC[C@H]4[C@@H]5CC[C@H]6C[C@](C)(O)CC[C@]6(C)[C@H]5CC[C@]34C)c2c1. The average Bonchev–Trinajstić information content (AvgIpc) is 3.39. The predicted octanol–water partition coefficient (Wildman–Crippen LogP) is 6.74. The quantitative estimate of drug-likeness (QED) is 0.478. The van der Waals surface area contributed by atoms with Crippen LogP contribution in [0.1, 0.15) is 78.6 Å². The minimum Gasteiger partial charge on any atom is -0.390 e. The molecule has 35 heavy (non-hydrogen) atoms. The molecule has 4 saturated carbocycles. The highest BCUT2D eigenvalue weighted by Gasteiger charge is 2.61. The first-order valence-electron chi connectivity index (χ1n) is 13.9. The van der Waals surface area contributed by atoms with Crippen LogP contribution in [0.3, 0.4) is 0 Å². The van der Waals surface area contributed by atoms with Gasteiger partial charge in [-0.05, 0) is 118 Å². The van der Waals surface area contributed by atoms with Crippen molar-refractivity contribution in [3.8, 4) is 0 Å². The number of benzene rings is 1. The topological polar surface area (TPSA) is 55.1 Å². The Kier molecular flexibility index (Phi) is 5.73. The summed E-state index contributed by atoms with van der Waals surface area (Å²) in [5.74, 6) is 3.41. The number of ketones is 1. The lowest BCUT2D eigenvalue weighted by molar-refractivity contribution is -0.151. The fraction of sp³-hybridized carbons (Fsp3) is 0.733. The lowest BCUT2D eigenvalue weighted by atomic mass is 9.44. The van der Waals surface area contributed by atoms with E-state index in [9.17, 15) is 9.90 Å². The van der Waals surface area contributed by atoms with E-state index in [1.165, 1.54) is 43.4 Å². The molecule has 0 radical (unpaired) electrons. The van der Waals surface area contributed by atoms with Crippen molar-refractivity contribution >= 4 is 28.4 Å². The number of hydrogen-bond donors (Lipinski definition) is 1. The molecule has 0 spiro atoms. The van der Waals surface area contributed by atoms with E-state index in [0.29, 0.717) is 29.6 Å². The van der Waals surface area contributed by atoms with Crippen LogP contribution in [0.4, 0.5) is 0 Å². The van der Waals surface area contributed by atoms with Gasteiger partial charge >= 0.3 is 0 Å². The molecule has 1 aromatic heterocycles. The minimum absolute atomic E-state index is 0.134. The first-order chi connectivity index (χ1) is 16.6. The Morgan fingerprint density at radius 3 is 2.66 bits per heavy atom. The summed E-state index contributed by atoms with van der Waals surface area (Å²) >= 11 is 1.73. The number of carbonyl (C=O) groups excluding carboxylic acids is 1. The van der Waals surface area contributed by atoms with Crippen molar-refractivity contribution < 1.29 is 9.90 Å². The van der Waals surface area contributed by atoms with Crippen molar-refractivity contribution in [2.24, 2.45) is 40.4 Å². The highest BCUT2D eigenvalue weighted by molar-refractivity contribution is 7.98. The highest BCUT2D eigenvalue weighted by atomic mass is 32.2. The molecule has 4 fully saturated rings. The van der Waals surface area contributed by atoms with Crippen molar-refractivity contribution in [1.82, 2.24) is 9.78 Å². The normalized spacial score (nSPS) is 42.9. The maximum absolute atomic E-state index is 13.8. The van der Waals surface area contributed by atoms with Gasteiger partial charge < -0.3 is 5.11 Å². The first kappa shape index (κ1) is 24.0. The van der Waals surface area contributed by atoms with E-state index in [4.69, 9.17) is 0 Å². The highest BCUT2D eigenvalue weighted by Crippen LogP contribution is 2.68. The Morgan fingerprint density at radius 1 is 1.06 bits per heavy atom. The van der Waals surface area contributed by atoms with Crippen LogP contribution in [-0.2, 0) is 11.3 Å². The van der Waals surface area contributed by atoms with Crippen LogP contribution in [0.25, 0.3) is 10.9 Å². The molecule has 4 aliphatic carbocycles. The molecule has 0 bridgehead atoms. The van der Waals surface area contributed by atoms with Gasteiger partial charge in [-0.15, -0.1) is 11.8 Å². The van der Waals surface area contributed by atoms with E-state index in [2.05, 4.69) is 50.3 Å². The zero-order valence-electron chi connectivity index (χ0n) is 21.9. The van der Waals surface area contributed by atoms with Crippen LogP contribution in [0, 0.1) is 40.4 Å². The predicted molar refractivity (Wildman–Crippen MR) is 142 cm³/mol. The number of carbonyl (C=O) groups is 1. The van der Waals surface area contributed by atoms with E-state index < -0.39 is 5.60 Å². The molecule has 8 atom stereocenters. The van der Waals surface area contributed by atoms with E-state index in [-0.39, 0.29) is 11.3 Å². The molecule has 2 aromatic rings. The monoisotopic (exact) mass is 494 g/mol. The van der Waals surface area contributed by atoms with Gasteiger partial charge in [-0.25, -0.2) is 0 Å². The van der Waals surface area contributed by atoms with Crippen molar-refractivity contribution in [3.63, 3.8) is 0 Å². The fourth-order valence-corrected chi connectivity index (χ4v) is 9.95. The van der Waals surface area contributed by atoms with Gasteiger partial charge in [0.25, 0.3) is 0 Å². The van der Waals surface area contributed by atoms with Crippen LogP contribution >= 0.6 is 11.8 Å². The molecule has 0 amide bonds. The summed E-state index contributed by atoms with van der Waals surface area (Å²) in [6.45, 7) is 7.46. The number of nitrogens with zero attached hydrogens (tertiary/aromatic N) is 2. The maximum Gasteiger partial charge on any atom is 0.157 e. The van der Waals surface area contributed by atoms with Crippen LogP contribution in [0.5, 0.6) is 0 Å². The second-order valence-corrected chi connectivity index (χ2v) is 14.1. The molecule has 0 saturated heterocycles. The smallest absolute Gasteiger partial charge is 0.157 e. The van der Waals surface area contributed by atoms with Crippen molar-refractivity contribution in [3.05, 3.63) is 24.4 Å². The van der Waals surface area contributed by atoms with Gasteiger partial charge in [0.15, 0.2) is 5.78 Å². The third kappa shape index (κ3) is 3.74. The molecular formula is C30H42N2O2S. The number of aliphatic hydroxyl groups is 1. The van der Waals surface area contributed by atoms with Crippen LogP contribution in [0.2, 0.25) is 0 Å². The zero-order chi connectivity index (χ0) is 24.6. The molecule has 5 heteroatoms. The van der Waals surface area contributed by atoms with Crippen molar-refractivity contribution in [2.45, 2.75) is 95.6 Å². The van der Waals surface area contributed by atoms with Gasteiger partial charge in [0.05, 0.1) is 17.3 Å². The number of thioether (sulfide) groups is 1. The molecule has 190 valence electrons. The third-order valence-corrected chi connectivity index (χ3v) is 12.2. The van der Waals surface area contributed by atoms with Crippen molar-refractivity contribution in [1.29, 1.82) is 0 Å². The number of hydrogen-bond acceptors (Lipinski definition) is 4. The Morgan fingerprint density at radius 2 is 1.86 bits per heavy atom. The van der Waals surface area contributed by atoms with E-state index in [1.807, 2.05) is 10.9 Å². The summed E-state index contributed by atoms with van der Waals surface area (Å²) in [7, 11) is 0. The van der Waals surface area contributed by atoms with Crippen LogP contribution in [0.15, 0.2) is 29.3 Å². The second-order valence-electron chi connectivity index (χ2n) is 13.2. The summed E-state index contributed by atoms with van der Waals surface area (Å²) in [6.07, 6.45) is 14.3. The number of fused-ring (bicyclic) bond motifs is 6. The summed E-state index contributed by atoms with van der Waals surface area (Å²) in [5.41, 5.74) is 1.11. The fourth-order valence-electron chi connectivity index (χ4n) is 9.52. The number of rotatable bonds is 4. The molecule has 6 rings (SSSR count). The summed E-state index contributed by atoms with van der Waals surface area (Å²) < 4.78 is 1.94. The van der Waals surface area contributed by atoms with E-state index in [1.54, 1.807) is 11.8 Å². The molecule has 0 unspecified atom stereocenters. The Balaban J connectivity index is 1.22. The lowest BCUT2D eigenvalue weighted by Gasteiger charge is -2.61. The Labute approximate surface area is 214 Å². The molecule has 1 N–H and O–H groups in total. The maximum atomic E-state index is 13.8. The minimum atomic E-state index is -0.474. The molecule has 1 aromatic carbocycles. The average molecular weight is 495 g/mol. The van der Waals surface area contributed by atoms with Crippen molar-refractivity contribution in [2.75, 3.05) is 6.26 Å². The zero-order valence-corrected chi connectivity index (χ0v) is 22.7. The largest absolute Gasteiger partial charge is 0.390 e. The standard InChI is InChI=1S/C30H42N2O2S/c1-28(34)13-14-29(2)20(16-28)6-8-22-23-9-10-25(30(23,3)12-11-24(22)29)27(33)18-32-26-15-21(35-4)7-5-19(26)17-31-32/h5,7,15,17,20,22-25,34H,6,8-14,16,18H2,1-4H3/t20-,22-,23-,24-,25+,28+,29-,30-/m0/s1. The molecule has 0 aliphatic heterocycles. The van der Waals surface area contributed by atoms with Gasteiger partial charge in [0.2, 0.25) is 0 Å². The first-order valence-corrected chi connectivity index (χ1v) is 15.1. The number of Topliss-reactive ketones (excluding diaryl/α,β-unsaturated/α-hetero) is 1. The molecule has 1 heterocycles. The third-order valence-electron chi connectivity index (χ3n) is 11.5. The second kappa shape index (κ2) is 8.34. The van der Waals surface area contributed by atoms with Gasteiger partial charge in [0.1, 0.15) is 6.54 Å². The van der Waals surface area contributed by atoms with E-state index >= 15 is 0 Å². The van der Waals surface area contributed by atoms with Crippen LogP contribution < -0.4 is 0 Å². The Bertz CT molecular complexity index is 1140. The summed E-state index contributed by atoms with van der Waals surface area (Å²) in [4.78, 5) is 15.0.